The van der Waals surface area contributed by atoms with E-state index in [9.17, 15) is 14.4 Å². The number of carbonyl (C=O) groups excluding carboxylic acids is 3. The van der Waals surface area contributed by atoms with E-state index in [-0.39, 0.29) is 42.6 Å². The van der Waals surface area contributed by atoms with Gasteiger partial charge in [-0.05, 0) is 49.9 Å². The van der Waals surface area contributed by atoms with Crippen LogP contribution in [0.5, 0.6) is 0 Å². The van der Waals surface area contributed by atoms with Crippen molar-refractivity contribution in [2.45, 2.75) is 38.6 Å². The minimum Gasteiger partial charge on any atom is -0.354 e. The molecule has 0 bridgehead atoms. The van der Waals surface area contributed by atoms with Crippen LogP contribution in [0.25, 0.3) is 22.4 Å². The number of halogens is 1. The maximum atomic E-state index is 12.7. The Morgan fingerprint density at radius 2 is 2.00 bits per heavy atom. The smallest absolute Gasteiger partial charge is 0.324 e. The van der Waals surface area contributed by atoms with Crippen LogP contribution in [0.3, 0.4) is 0 Å². The van der Waals surface area contributed by atoms with Crippen molar-refractivity contribution >= 4 is 47.1 Å². The SMILES string of the molecule is C[C@@H]1CCN(C(=O)CC#N)C[C@@H]1N(C)c1nc(-c2cccc(C(=O)NCCCCN)c2)nc2c1ccn2C(N)=O.Cl. The molecular weight excluding hydrogens is 546 g/mol. The second kappa shape index (κ2) is 13.9. The molecule has 4 rings (SSSR count). The second-order valence-electron chi connectivity index (χ2n) is 10.1. The number of nitriles is 1. The highest BCUT2D eigenvalue weighted by Gasteiger charge is 2.33. The summed E-state index contributed by atoms with van der Waals surface area (Å²) in [6.45, 7) is 4.25. The quantitative estimate of drug-likeness (QED) is 0.323. The summed E-state index contributed by atoms with van der Waals surface area (Å²) in [5, 5.41) is 12.5. The minimum atomic E-state index is -0.682. The molecule has 0 unspecified atom stereocenters. The van der Waals surface area contributed by atoms with Crippen molar-refractivity contribution < 1.29 is 14.4 Å². The van der Waals surface area contributed by atoms with E-state index >= 15 is 0 Å². The van der Waals surface area contributed by atoms with Crippen LogP contribution in [0.4, 0.5) is 10.6 Å². The van der Waals surface area contributed by atoms with E-state index in [1.165, 1.54) is 4.57 Å². The lowest BCUT2D eigenvalue weighted by Crippen LogP contribution is -2.52. The van der Waals surface area contributed by atoms with E-state index < -0.39 is 6.03 Å². The Morgan fingerprint density at radius 1 is 1.22 bits per heavy atom. The highest BCUT2D eigenvalue weighted by Crippen LogP contribution is 2.32. The van der Waals surface area contributed by atoms with Crippen LogP contribution in [0, 0.1) is 17.2 Å². The van der Waals surface area contributed by atoms with Gasteiger partial charge >= 0.3 is 6.03 Å². The van der Waals surface area contributed by atoms with Gasteiger partial charge in [-0.2, -0.15) is 5.26 Å². The third-order valence-corrected chi connectivity index (χ3v) is 7.39. The fraction of sp³-hybridized carbons (Fsp3) is 0.429. The number of unbranched alkanes of at least 4 members (excludes halogenated alkanes) is 1. The first-order valence-corrected chi connectivity index (χ1v) is 13.4. The van der Waals surface area contributed by atoms with Gasteiger partial charge in [-0.15, -0.1) is 12.4 Å². The van der Waals surface area contributed by atoms with Crippen molar-refractivity contribution in [3.05, 3.63) is 42.1 Å². The van der Waals surface area contributed by atoms with Gasteiger partial charge in [0.25, 0.3) is 5.91 Å². The number of primary amides is 1. The minimum absolute atomic E-state index is 0. The maximum Gasteiger partial charge on any atom is 0.324 e. The summed E-state index contributed by atoms with van der Waals surface area (Å²) in [6, 6.07) is 9.90. The molecule has 2 aromatic heterocycles. The zero-order valence-electron chi connectivity index (χ0n) is 23.2. The lowest BCUT2D eigenvalue weighted by molar-refractivity contribution is -0.131. The lowest BCUT2D eigenvalue weighted by Gasteiger charge is -2.42. The van der Waals surface area contributed by atoms with Crippen LogP contribution in [0.2, 0.25) is 0 Å². The molecule has 1 fully saturated rings. The van der Waals surface area contributed by atoms with Gasteiger partial charge < -0.3 is 26.6 Å². The number of nitrogens with two attached hydrogens (primary N) is 2. The Morgan fingerprint density at radius 3 is 2.71 bits per heavy atom. The molecule has 1 aromatic carbocycles. The molecule has 0 aliphatic carbocycles. The number of fused-ring (bicyclic) bond motifs is 1. The molecular formula is C28H36ClN9O3. The van der Waals surface area contributed by atoms with E-state index in [2.05, 4.69) is 17.2 Å². The predicted molar refractivity (Wildman–Crippen MR) is 159 cm³/mol. The Bertz CT molecular complexity index is 1450. The number of aromatic nitrogens is 3. The van der Waals surface area contributed by atoms with Gasteiger partial charge in [0.15, 0.2) is 11.5 Å². The van der Waals surface area contributed by atoms with Crippen molar-refractivity contribution in [3.8, 4) is 17.5 Å². The number of amides is 3. The molecule has 1 saturated heterocycles. The summed E-state index contributed by atoms with van der Waals surface area (Å²) in [5.74, 6) is 0.724. The van der Waals surface area contributed by atoms with Crippen LogP contribution >= 0.6 is 12.4 Å². The molecule has 1 aliphatic rings. The number of piperidine rings is 1. The Balaban J connectivity index is 0.00000462. The molecule has 3 heterocycles. The zero-order valence-corrected chi connectivity index (χ0v) is 24.1. The molecule has 13 heteroatoms. The molecule has 0 radical (unpaired) electrons. The number of likely N-dealkylation sites (N-methyl/N-ethyl adjacent to an activating group) is 1. The molecule has 2 atom stereocenters. The van der Waals surface area contributed by atoms with Crippen LogP contribution in [-0.4, -0.2) is 76.5 Å². The standard InChI is InChI=1S/C28H35N9O3.ClH/c1-18-9-14-36(23(38)8-12-30)17-22(18)35(2)25-21-10-15-37(28(31)40)26(21)34-24(33-25)19-6-5-7-20(16-19)27(39)32-13-4-3-11-29;/h5-7,10,15-16,18,22H,3-4,8-9,11,13-14,17,29H2,1-2H3,(H2,31,40)(H,32,39);1H/t18-,22+;/m1./s1. The molecule has 3 aromatic rings. The Hall–Kier alpha value is -4.21. The number of anilines is 1. The molecule has 0 spiro atoms. The summed E-state index contributed by atoms with van der Waals surface area (Å²) in [4.78, 5) is 50.7. The van der Waals surface area contributed by atoms with Gasteiger partial charge in [0.1, 0.15) is 12.2 Å². The monoisotopic (exact) mass is 581 g/mol. The Labute approximate surface area is 245 Å². The molecule has 218 valence electrons. The molecule has 0 saturated carbocycles. The first kappa shape index (κ1) is 31.3. The maximum absolute atomic E-state index is 12.7. The number of likely N-dealkylation sites (tertiary alicyclic amines) is 1. The van der Waals surface area contributed by atoms with Crippen molar-refractivity contribution in [2.24, 2.45) is 17.4 Å². The summed E-state index contributed by atoms with van der Waals surface area (Å²) in [5.41, 5.74) is 12.6. The van der Waals surface area contributed by atoms with Gasteiger partial charge in [-0.25, -0.2) is 14.8 Å². The van der Waals surface area contributed by atoms with Gasteiger partial charge in [0.05, 0.1) is 17.5 Å². The average molecular weight is 582 g/mol. The lowest BCUT2D eigenvalue weighted by atomic mass is 9.92. The highest BCUT2D eigenvalue weighted by atomic mass is 35.5. The van der Waals surface area contributed by atoms with Gasteiger partial charge in [-0.1, -0.05) is 19.1 Å². The molecule has 5 N–H and O–H groups in total. The number of nitrogens with one attached hydrogen (secondary N) is 1. The first-order valence-electron chi connectivity index (χ1n) is 13.4. The van der Waals surface area contributed by atoms with E-state index in [4.69, 9.17) is 21.7 Å². The van der Waals surface area contributed by atoms with E-state index in [0.29, 0.717) is 60.0 Å². The third-order valence-electron chi connectivity index (χ3n) is 7.39. The number of hydrogen-bond donors (Lipinski definition) is 3. The third kappa shape index (κ3) is 6.93. The zero-order chi connectivity index (χ0) is 28.8. The van der Waals surface area contributed by atoms with E-state index in [1.54, 1.807) is 41.4 Å². The number of benzene rings is 1. The van der Waals surface area contributed by atoms with Crippen molar-refractivity contribution in [2.75, 3.05) is 38.1 Å². The van der Waals surface area contributed by atoms with Crippen LogP contribution in [0.15, 0.2) is 36.5 Å². The van der Waals surface area contributed by atoms with Crippen molar-refractivity contribution in [3.63, 3.8) is 0 Å². The summed E-state index contributed by atoms with van der Waals surface area (Å²) in [6.07, 6.45) is 3.79. The topological polar surface area (TPSA) is 176 Å². The fourth-order valence-electron chi connectivity index (χ4n) is 5.06. The van der Waals surface area contributed by atoms with Crippen LogP contribution < -0.4 is 21.7 Å². The Kier molecular flexibility index (Phi) is 10.6. The largest absolute Gasteiger partial charge is 0.354 e. The average Bonchev–Trinajstić information content (AvgIpc) is 3.39. The molecule has 3 amide bonds. The van der Waals surface area contributed by atoms with Crippen LogP contribution in [0.1, 0.15) is 43.0 Å². The first-order chi connectivity index (χ1) is 19.2. The van der Waals surface area contributed by atoms with Crippen molar-refractivity contribution in [1.29, 1.82) is 5.26 Å². The second-order valence-corrected chi connectivity index (χ2v) is 10.1. The van der Waals surface area contributed by atoms with Gasteiger partial charge in [0, 0.05) is 44.0 Å². The van der Waals surface area contributed by atoms with Gasteiger partial charge in [-0.3, -0.25) is 14.2 Å². The van der Waals surface area contributed by atoms with E-state index in [0.717, 1.165) is 19.3 Å². The number of hydrogen-bond acceptors (Lipinski definition) is 8. The summed E-state index contributed by atoms with van der Waals surface area (Å²) >= 11 is 0. The van der Waals surface area contributed by atoms with Crippen LogP contribution in [-0.2, 0) is 4.79 Å². The van der Waals surface area contributed by atoms with Crippen molar-refractivity contribution in [1.82, 2.24) is 24.8 Å². The predicted octanol–water partition coefficient (Wildman–Crippen LogP) is 2.50. The number of carbonyl (C=O) groups is 3. The van der Waals surface area contributed by atoms with Gasteiger partial charge in [0.2, 0.25) is 5.91 Å². The fourth-order valence-corrected chi connectivity index (χ4v) is 5.06. The molecule has 1 aliphatic heterocycles. The number of nitrogens with zero attached hydrogens (tertiary/aromatic N) is 6. The normalized spacial score (nSPS) is 16.5. The molecule has 12 nitrogen and oxygen atoms in total. The number of rotatable bonds is 9. The molecule has 41 heavy (non-hydrogen) atoms. The summed E-state index contributed by atoms with van der Waals surface area (Å²) in [7, 11) is 1.90. The highest BCUT2D eigenvalue weighted by molar-refractivity contribution is 5.97. The summed E-state index contributed by atoms with van der Waals surface area (Å²) < 4.78 is 1.26. The van der Waals surface area contributed by atoms with E-state index in [1.807, 2.05) is 18.0 Å².